The van der Waals surface area contributed by atoms with Gasteiger partial charge in [0.15, 0.2) is 0 Å². The molecule has 30 heavy (non-hydrogen) atoms. The first kappa shape index (κ1) is 24.1. The molecule has 3 nitrogen and oxygen atoms in total. The predicted molar refractivity (Wildman–Crippen MR) is 131 cm³/mol. The Kier molecular flexibility index (Phi) is 11.9. The number of hydrogen-bond acceptors (Lipinski definition) is 3. The van der Waals surface area contributed by atoms with E-state index in [9.17, 15) is 0 Å². The summed E-state index contributed by atoms with van der Waals surface area (Å²) in [5, 5.41) is 0. The highest BCUT2D eigenvalue weighted by molar-refractivity contribution is 5.51. The number of benzene rings is 2. The van der Waals surface area contributed by atoms with Crippen LogP contribution in [0, 0.1) is 0 Å². The standard InChI is InChI=1S/C27H42N2O/c1-2-3-4-5-6-7-8-9-10-11-12-13-14-15-23-22-26(20-21-27(23)29)30-25-18-16-24(28)17-19-25/h16-22H,2-15,28-29H2,1H3. The third-order valence-electron chi connectivity index (χ3n) is 5.78. The molecule has 0 bridgehead atoms. The summed E-state index contributed by atoms with van der Waals surface area (Å²) in [5.41, 5.74) is 14.7. The maximum absolute atomic E-state index is 6.18. The summed E-state index contributed by atoms with van der Waals surface area (Å²) in [6, 6.07) is 13.4. The van der Waals surface area contributed by atoms with Crippen molar-refractivity contribution in [2.75, 3.05) is 11.5 Å². The van der Waals surface area contributed by atoms with Crippen LogP contribution >= 0.6 is 0 Å². The van der Waals surface area contributed by atoms with Crippen LogP contribution in [0.3, 0.4) is 0 Å². The molecule has 2 aromatic carbocycles. The fraction of sp³-hybridized carbons (Fsp3) is 0.556. The lowest BCUT2D eigenvalue weighted by Crippen LogP contribution is -1.96. The highest BCUT2D eigenvalue weighted by atomic mass is 16.5. The summed E-state index contributed by atoms with van der Waals surface area (Å²) in [5.74, 6) is 1.62. The molecule has 0 aliphatic rings. The molecule has 2 aromatic rings. The van der Waals surface area contributed by atoms with Gasteiger partial charge in [-0.2, -0.15) is 0 Å². The molecule has 0 saturated carbocycles. The summed E-state index contributed by atoms with van der Waals surface area (Å²) >= 11 is 0. The number of ether oxygens (including phenoxy) is 1. The van der Waals surface area contributed by atoms with Gasteiger partial charge < -0.3 is 16.2 Å². The predicted octanol–water partition coefficient (Wildman–Crippen LogP) is 8.28. The second-order valence-corrected chi connectivity index (χ2v) is 8.52. The van der Waals surface area contributed by atoms with Crippen LogP contribution in [-0.2, 0) is 6.42 Å². The molecular formula is C27H42N2O. The summed E-state index contributed by atoms with van der Waals surface area (Å²) < 4.78 is 5.94. The van der Waals surface area contributed by atoms with Gasteiger partial charge in [-0.25, -0.2) is 0 Å². The maximum atomic E-state index is 6.18. The zero-order valence-electron chi connectivity index (χ0n) is 19.0. The number of aryl methyl sites for hydroxylation is 1. The summed E-state index contributed by atoms with van der Waals surface area (Å²) in [6.45, 7) is 2.28. The molecule has 0 radical (unpaired) electrons. The van der Waals surface area contributed by atoms with Gasteiger partial charge in [0.05, 0.1) is 0 Å². The summed E-state index contributed by atoms with van der Waals surface area (Å²) in [6.07, 6.45) is 18.9. The Bertz CT molecular complexity index is 697. The molecule has 0 aromatic heterocycles. The summed E-state index contributed by atoms with van der Waals surface area (Å²) in [7, 11) is 0. The molecule has 0 amide bonds. The highest BCUT2D eigenvalue weighted by Crippen LogP contribution is 2.27. The van der Waals surface area contributed by atoms with E-state index >= 15 is 0 Å². The molecule has 0 unspecified atom stereocenters. The van der Waals surface area contributed by atoms with Gasteiger partial charge in [0.25, 0.3) is 0 Å². The first-order chi connectivity index (χ1) is 14.7. The lowest BCUT2D eigenvalue weighted by Gasteiger charge is -2.10. The molecular weight excluding hydrogens is 368 g/mol. The molecule has 0 saturated heterocycles. The average Bonchev–Trinajstić information content (AvgIpc) is 2.75. The molecule has 0 aliphatic heterocycles. The first-order valence-corrected chi connectivity index (χ1v) is 12.1. The van der Waals surface area contributed by atoms with Gasteiger partial charge >= 0.3 is 0 Å². The summed E-state index contributed by atoms with van der Waals surface area (Å²) in [4.78, 5) is 0. The van der Waals surface area contributed by atoms with Crippen LogP contribution in [0.4, 0.5) is 11.4 Å². The zero-order chi connectivity index (χ0) is 21.4. The quantitative estimate of drug-likeness (QED) is 0.216. The average molecular weight is 411 g/mol. The van der Waals surface area contributed by atoms with E-state index in [2.05, 4.69) is 13.0 Å². The minimum atomic E-state index is 0.739. The second kappa shape index (κ2) is 14.8. The van der Waals surface area contributed by atoms with Crippen molar-refractivity contribution in [3.8, 4) is 11.5 Å². The lowest BCUT2D eigenvalue weighted by molar-refractivity contribution is 0.482. The maximum Gasteiger partial charge on any atom is 0.127 e. The van der Waals surface area contributed by atoms with E-state index in [4.69, 9.17) is 16.2 Å². The Morgan fingerprint density at radius 3 is 1.67 bits per heavy atom. The van der Waals surface area contributed by atoms with Gasteiger partial charge in [0.1, 0.15) is 11.5 Å². The number of nitrogen functional groups attached to an aromatic ring is 2. The number of hydrogen-bond donors (Lipinski definition) is 2. The Balaban J connectivity index is 1.56. The fourth-order valence-electron chi connectivity index (χ4n) is 3.87. The van der Waals surface area contributed by atoms with E-state index < -0.39 is 0 Å². The molecule has 0 fully saturated rings. The fourth-order valence-corrected chi connectivity index (χ4v) is 3.87. The number of nitrogens with two attached hydrogens (primary N) is 2. The number of anilines is 2. The molecule has 0 aliphatic carbocycles. The van der Waals surface area contributed by atoms with Crippen molar-refractivity contribution >= 4 is 11.4 Å². The third kappa shape index (κ3) is 10.0. The van der Waals surface area contributed by atoms with Crippen molar-refractivity contribution < 1.29 is 4.74 Å². The van der Waals surface area contributed by atoms with Crippen LogP contribution in [0.15, 0.2) is 42.5 Å². The SMILES string of the molecule is CCCCCCCCCCCCCCCc1cc(Oc2ccc(N)cc2)ccc1N. The van der Waals surface area contributed by atoms with Crippen molar-refractivity contribution in [2.24, 2.45) is 0 Å². The lowest BCUT2D eigenvalue weighted by atomic mass is 10.0. The van der Waals surface area contributed by atoms with Crippen LogP contribution in [0.25, 0.3) is 0 Å². The third-order valence-corrected chi connectivity index (χ3v) is 5.78. The number of rotatable bonds is 16. The first-order valence-electron chi connectivity index (χ1n) is 12.1. The second-order valence-electron chi connectivity index (χ2n) is 8.52. The molecule has 0 atom stereocenters. The van der Waals surface area contributed by atoms with Crippen molar-refractivity contribution in [1.29, 1.82) is 0 Å². The molecule has 2 rings (SSSR count). The largest absolute Gasteiger partial charge is 0.457 e. The normalized spacial score (nSPS) is 11.0. The Hall–Kier alpha value is -2.16. The van der Waals surface area contributed by atoms with Gasteiger partial charge in [-0.15, -0.1) is 0 Å². The Morgan fingerprint density at radius 2 is 1.10 bits per heavy atom. The molecule has 0 heterocycles. The van der Waals surface area contributed by atoms with Gasteiger partial charge in [0, 0.05) is 11.4 Å². The topological polar surface area (TPSA) is 61.3 Å². The van der Waals surface area contributed by atoms with E-state index in [0.717, 1.165) is 29.3 Å². The molecule has 4 N–H and O–H groups in total. The number of unbranched alkanes of at least 4 members (excludes halogenated alkanes) is 12. The van der Waals surface area contributed by atoms with Crippen molar-refractivity contribution in [1.82, 2.24) is 0 Å². The van der Waals surface area contributed by atoms with Gasteiger partial charge in [-0.1, -0.05) is 84.0 Å². The Labute approximate surface area is 184 Å². The van der Waals surface area contributed by atoms with E-state index in [0.29, 0.717) is 0 Å². The smallest absolute Gasteiger partial charge is 0.127 e. The molecule has 0 spiro atoms. The van der Waals surface area contributed by atoms with Crippen LogP contribution in [0.5, 0.6) is 11.5 Å². The minimum absolute atomic E-state index is 0.739. The van der Waals surface area contributed by atoms with Crippen molar-refractivity contribution in [3.63, 3.8) is 0 Å². The van der Waals surface area contributed by atoms with Gasteiger partial charge in [0.2, 0.25) is 0 Å². The van der Waals surface area contributed by atoms with E-state index in [1.165, 1.54) is 89.0 Å². The van der Waals surface area contributed by atoms with Gasteiger partial charge in [-0.3, -0.25) is 0 Å². The highest BCUT2D eigenvalue weighted by Gasteiger charge is 2.04. The van der Waals surface area contributed by atoms with Crippen molar-refractivity contribution in [3.05, 3.63) is 48.0 Å². The van der Waals surface area contributed by atoms with Crippen LogP contribution in [0.1, 0.15) is 96.0 Å². The molecule has 166 valence electrons. The Morgan fingerprint density at radius 1 is 0.600 bits per heavy atom. The zero-order valence-corrected chi connectivity index (χ0v) is 19.0. The van der Waals surface area contributed by atoms with Crippen LogP contribution in [-0.4, -0.2) is 0 Å². The van der Waals surface area contributed by atoms with Crippen LogP contribution < -0.4 is 16.2 Å². The van der Waals surface area contributed by atoms with Crippen LogP contribution in [0.2, 0.25) is 0 Å². The van der Waals surface area contributed by atoms with E-state index in [1.54, 1.807) is 0 Å². The van der Waals surface area contributed by atoms with Crippen molar-refractivity contribution in [2.45, 2.75) is 96.8 Å². The monoisotopic (exact) mass is 410 g/mol. The minimum Gasteiger partial charge on any atom is -0.457 e. The molecule has 3 heteroatoms. The van der Waals surface area contributed by atoms with E-state index in [1.807, 2.05) is 36.4 Å². The van der Waals surface area contributed by atoms with Gasteiger partial charge in [-0.05, 0) is 60.9 Å². The van der Waals surface area contributed by atoms with E-state index in [-0.39, 0.29) is 0 Å².